The number of hydrogen-bond acceptors (Lipinski definition) is 2. The van der Waals surface area contributed by atoms with Gasteiger partial charge in [-0.05, 0) is 50.4 Å². The molecule has 1 unspecified atom stereocenters. The third-order valence-corrected chi connectivity index (χ3v) is 5.91. The van der Waals surface area contributed by atoms with Gasteiger partial charge in [-0.15, -0.1) is 0 Å². The number of rotatable bonds is 7. The van der Waals surface area contributed by atoms with E-state index >= 15 is 0 Å². The molecule has 0 spiro atoms. The second kappa shape index (κ2) is 9.57. The number of carbonyl (C=O) groups excluding carboxylic acids is 1. The van der Waals surface area contributed by atoms with E-state index in [0.29, 0.717) is 0 Å². The minimum Gasteiger partial charge on any atom is -0.462 e. The molecule has 2 rings (SSSR count). The van der Waals surface area contributed by atoms with Gasteiger partial charge < -0.3 is 4.74 Å². The molecule has 22 heavy (non-hydrogen) atoms. The Morgan fingerprint density at radius 2 is 1.55 bits per heavy atom. The summed E-state index contributed by atoms with van der Waals surface area (Å²) >= 11 is 0. The predicted octanol–water partition coefficient (Wildman–Crippen LogP) is 5.89. The van der Waals surface area contributed by atoms with E-state index in [1.807, 2.05) is 0 Å². The van der Waals surface area contributed by atoms with Gasteiger partial charge in [0, 0.05) is 0 Å². The van der Waals surface area contributed by atoms with E-state index in [4.69, 9.17) is 4.74 Å². The van der Waals surface area contributed by atoms with E-state index in [0.717, 1.165) is 31.1 Å². The van der Waals surface area contributed by atoms with Crippen molar-refractivity contribution in [3.63, 3.8) is 0 Å². The summed E-state index contributed by atoms with van der Waals surface area (Å²) in [6.45, 7) is 4.36. The van der Waals surface area contributed by atoms with Crippen LogP contribution in [0.5, 0.6) is 0 Å². The zero-order valence-corrected chi connectivity index (χ0v) is 14.8. The average Bonchev–Trinajstić information content (AvgIpc) is 2.55. The first-order valence-corrected chi connectivity index (χ1v) is 9.89. The van der Waals surface area contributed by atoms with Crippen molar-refractivity contribution in [3.8, 4) is 0 Å². The molecule has 0 saturated heterocycles. The first kappa shape index (κ1) is 17.8. The Hall–Kier alpha value is -0.530. The lowest BCUT2D eigenvalue weighted by atomic mass is 9.77. The summed E-state index contributed by atoms with van der Waals surface area (Å²) in [5.41, 5.74) is 0. The lowest BCUT2D eigenvalue weighted by molar-refractivity contribution is -0.155. The molecular weight excluding hydrogens is 272 g/mol. The summed E-state index contributed by atoms with van der Waals surface area (Å²) in [6.07, 6.45) is 16.7. The second-order valence-electron chi connectivity index (χ2n) is 7.85. The van der Waals surface area contributed by atoms with E-state index in [1.165, 1.54) is 64.2 Å². The van der Waals surface area contributed by atoms with Crippen molar-refractivity contribution in [2.45, 2.75) is 103 Å². The fourth-order valence-corrected chi connectivity index (χ4v) is 4.28. The van der Waals surface area contributed by atoms with Crippen molar-refractivity contribution >= 4 is 5.97 Å². The normalized spacial score (nSPS) is 28.3. The minimum atomic E-state index is 0.0616. The van der Waals surface area contributed by atoms with Gasteiger partial charge in [-0.25, -0.2) is 0 Å². The van der Waals surface area contributed by atoms with E-state index in [-0.39, 0.29) is 18.0 Å². The molecule has 0 N–H and O–H groups in total. The standard InChI is InChI=1S/C20H36O2/c1-3-7-17-12-14-18(15-13-17)11-10-16(2)20(21)22-19-8-5-4-6-9-19/h16-19H,3-15H2,1-2H3/t16?,17-,18-. The number of hydrogen-bond donors (Lipinski definition) is 0. The molecule has 2 aliphatic carbocycles. The van der Waals surface area contributed by atoms with Crippen LogP contribution < -0.4 is 0 Å². The minimum absolute atomic E-state index is 0.0616. The highest BCUT2D eigenvalue weighted by Crippen LogP contribution is 2.34. The molecule has 128 valence electrons. The number of carbonyl (C=O) groups is 1. The maximum atomic E-state index is 12.2. The van der Waals surface area contributed by atoms with Crippen molar-refractivity contribution in [1.82, 2.24) is 0 Å². The molecule has 0 aromatic rings. The van der Waals surface area contributed by atoms with E-state index < -0.39 is 0 Å². The molecular formula is C20H36O2. The number of esters is 1. The molecule has 0 heterocycles. The van der Waals surface area contributed by atoms with Crippen LogP contribution in [0.1, 0.15) is 97.3 Å². The van der Waals surface area contributed by atoms with Gasteiger partial charge >= 0.3 is 5.97 Å². The summed E-state index contributed by atoms with van der Waals surface area (Å²) in [4.78, 5) is 12.2. The Kier molecular flexibility index (Phi) is 7.75. The lowest BCUT2D eigenvalue weighted by Crippen LogP contribution is -2.25. The van der Waals surface area contributed by atoms with Crippen LogP contribution in [-0.4, -0.2) is 12.1 Å². The van der Waals surface area contributed by atoms with Gasteiger partial charge in [0.2, 0.25) is 0 Å². The van der Waals surface area contributed by atoms with Crippen LogP contribution in [0, 0.1) is 17.8 Å². The Balaban J connectivity index is 1.60. The lowest BCUT2D eigenvalue weighted by Gasteiger charge is -2.29. The predicted molar refractivity (Wildman–Crippen MR) is 91.7 cm³/mol. The Bertz CT molecular complexity index is 312. The Morgan fingerprint density at radius 1 is 0.955 bits per heavy atom. The highest BCUT2D eigenvalue weighted by molar-refractivity contribution is 5.72. The zero-order valence-electron chi connectivity index (χ0n) is 14.8. The Morgan fingerprint density at radius 3 is 2.14 bits per heavy atom. The van der Waals surface area contributed by atoms with Crippen molar-refractivity contribution in [3.05, 3.63) is 0 Å². The van der Waals surface area contributed by atoms with Gasteiger partial charge in [0.25, 0.3) is 0 Å². The topological polar surface area (TPSA) is 26.3 Å². The molecule has 0 amide bonds. The van der Waals surface area contributed by atoms with E-state index in [2.05, 4.69) is 13.8 Å². The highest BCUT2D eigenvalue weighted by atomic mass is 16.5. The summed E-state index contributed by atoms with van der Waals surface area (Å²) in [6, 6.07) is 0. The fourth-order valence-electron chi connectivity index (χ4n) is 4.28. The number of ether oxygens (including phenoxy) is 1. The van der Waals surface area contributed by atoms with Crippen molar-refractivity contribution < 1.29 is 9.53 Å². The van der Waals surface area contributed by atoms with E-state index in [9.17, 15) is 4.79 Å². The van der Waals surface area contributed by atoms with E-state index in [1.54, 1.807) is 0 Å². The maximum absolute atomic E-state index is 12.2. The molecule has 0 aromatic carbocycles. The summed E-state index contributed by atoms with van der Waals surface area (Å²) in [5, 5.41) is 0. The van der Waals surface area contributed by atoms with Gasteiger partial charge in [-0.2, -0.15) is 0 Å². The summed E-state index contributed by atoms with van der Waals surface area (Å²) in [5.74, 6) is 2.00. The Labute approximate surface area is 137 Å². The van der Waals surface area contributed by atoms with Crippen molar-refractivity contribution in [2.24, 2.45) is 17.8 Å². The first-order chi connectivity index (χ1) is 10.7. The van der Waals surface area contributed by atoms with Gasteiger partial charge in [0.1, 0.15) is 6.10 Å². The van der Waals surface area contributed by atoms with Crippen LogP contribution >= 0.6 is 0 Å². The first-order valence-electron chi connectivity index (χ1n) is 9.89. The zero-order chi connectivity index (χ0) is 15.8. The quantitative estimate of drug-likeness (QED) is 0.548. The largest absolute Gasteiger partial charge is 0.462 e. The van der Waals surface area contributed by atoms with Crippen LogP contribution in [0.4, 0.5) is 0 Å². The molecule has 2 heteroatoms. The van der Waals surface area contributed by atoms with Gasteiger partial charge in [0.05, 0.1) is 5.92 Å². The fraction of sp³-hybridized carbons (Fsp3) is 0.950. The average molecular weight is 309 g/mol. The van der Waals surface area contributed by atoms with Crippen LogP contribution in [-0.2, 0) is 9.53 Å². The molecule has 2 saturated carbocycles. The molecule has 0 aliphatic heterocycles. The smallest absolute Gasteiger partial charge is 0.308 e. The molecule has 2 nitrogen and oxygen atoms in total. The molecule has 2 fully saturated rings. The molecule has 2 aliphatic rings. The van der Waals surface area contributed by atoms with Crippen LogP contribution in [0.2, 0.25) is 0 Å². The summed E-state index contributed by atoms with van der Waals surface area (Å²) < 4.78 is 5.70. The van der Waals surface area contributed by atoms with Crippen LogP contribution in [0.3, 0.4) is 0 Å². The van der Waals surface area contributed by atoms with Gasteiger partial charge in [0.15, 0.2) is 0 Å². The van der Waals surface area contributed by atoms with Gasteiger partial charge in [-0.3, -0.25) is 4.79 Å². The van der Waals surface area contributed by atoms with Crippen molar-refractivity contribution in [1.29, 1.82) is 0 Å². The molecule has 0 bridgehead atoms. The summed E-state index contributed by atoms with van der Waals surface area (Å²) in [7, 11) is 0. The maximum Gasteiger partial charge on any atom is 0.308 e. The van der Waals surface area contributed by atoms with Gasteiger partial charge in [-0.1, -0.05) is 58.8 Å². The third kappa shape index (κ3) is 5.93. The molecule has 0 radical (unpaired) electrons. The van der Waals surface area contributed by atoms with Crippen LogP contribution in [0.25, 0.3) is 0 Å². The SMILES string of the molecule is CCC[C@H]1CC[C@H](CCC(C)C(=O)OC2CCCCC2)CC1. The monoisotopic (exact) mass is 308 g/mol. The van der Waals surface area contributed by atoms with Crippen molar-refractivity contribution in [2.75, 3.05) is 0 Å². The second-order valence-corrected chi connectivity index (χ2v) is 7.85. The highest BCUT2D eigenvalue weighted by Gasteiger charge is 2.24. The third-order valence-electron chi connectivity index (χ3n) is 5.91. The molecule has 1 atom stereocenters. The van der Waals surface area contributed by atoms with Crippen LogP contribution in [0.15, 0.2) is 0 Å². The molecule has 0 aromatic heterocycles.